The Morgan fingerprint density at radius 1 is 1.00 bits per heavy atom. The van der Waals surface area contributed by atoms with Gasteiger partial charge >= 0.3 is 0 Å². The van der Waals surface area contributed by atoms with Crippen molar-refractivity contribution in [2.45, 2.75) is 47.2 Å². The fourth-order valence-electron chi connectivity index (χ4n) is 3.42. The molecule has 190 valence electrons. The maximum Gasteiger partial charge on any atom is 0.244 e. The molecule has 0 saturated carbocycles. The summed E-state index contributed by atoms with van der Waals surface area (Å²) in [6.07, 6.45) is 1.00. The molecular weight excluding hydrogens is 466 g/mol. The number of benzene rings is 2. The van der Waals surface area contributed by atoms with E-state index in [0.29, 0.717) is 12.1 Å². The van der Waals surface area contributed by atoms with E-state index >= 15 is 0 Å². The lowest BCUT2D eigenvalue weighted by atomic mass is 10.1. The molecule has 0 radical (unpaired) electrons. The zero-order chi connectivity index (χ0) is 26.3. The van der Waals surface area contributed by atoms with Crippen LogP contribution < -0.4 is 9.62 Å². The molecule has 0 saturated heterocycles. The molecule has 0 spiro atoms. The van der Waals surface area contributed by atoms with E-state index in [2.05, 4.69) is 5.32 Å². The van der Waals surface area contributed by atoms with Gasteiger partial charge in [0.05, 0.1) is 11.9 Å². The minimum Gasteiger partial charge on any atom is -0.354 e. The molecule has 0 heterocycles. The molecule has 0 aliphatic heterocycles. The number of hydrogen-bond acceptors (Lipinski definition) is 5. The Morgan fingerprint density at radius 3 is 2.17 bits per heavy atom. The molecule has 0 unspecified atom stereocenters. The van der Waals surface area contributed by atoms with Crippen molar-refractivity contribution >= 4 is 33.3 Å². The van der Waals surface area contributed by atoms with Crippen molar-refractivity contribution in [2.24, 2.45) is 5.92 Å². The summed E-state index contributed by atoms with van der Waals surface area (Å²) in [6.45, 7) is 9.00. The highest BCUT2D eigenvalue weighted by Gasteiger charge is 2.30. The Labute approximate surface area is 208 Å². The second kappa shape index (κ2) is 12.0. The van der Waals surface area contributed by atoms with E-state index in [1.807, 2.05) is 45.0 Å². The smallest absolute Gasteiger partial charge is 0.244 e. The number of sulfonamides is 1. The normalized spacial score (nSPS) is 12.2. The summed E-state index contributed by atoms with van der Waals surface area (Å²) < 4.78 is 26.2. The van der Waals surface area contributed by atoms with Crippen molar-refractivity contribution in [3.63, 3.8) is 0 Å². The standard InChI is InChI=1S/C26H35N3O5S/c1-18(2)15-27-26(32)20(4)28(16-22-12-10-19(3)11-13-22)25(31)17-29(35(6,33)34)24-9-7-8-23(14-24)21(5)30/h7-14,18,20H,15-17H2,1-6H3,(H,27,32)/t20-/m1/s1. The summed E-state index contributed by atoms with van der Waals surface area (Å²) in [5.41, 5.74) is 2.42. The fourth-order valence-corrected chi connectivity index (χ4v) is 4.26. The lowest BCUT2D eigenvalue weighted by Gasteiger charge is -2.31. The summed E-state index contributed by atoms with van der Waals surface area (Å²) in [4.78, 5) is 39.6. The number of Topliss-reactive ketones (excluding diaryl/α,β-unsaturated/α-hetero) is 1. The average Bonchev–Trinajstić information content (AvgIpc) is 2.79. The largest absolute Gasteiger partial charge is 0.354 e. The first kappa shape index (κ1) is 28.0. The Bertz CT molecular complexity index is 1160. The Kier molecular flexibility index (Phi) is 9.59. The highest BCUT2D eigenvalue weighted by molar-refractivity contribution is 7.92. The van der Waals surface area contributed by atoms with Crippen LogP contribution >= 0.6 is 0 Å². The molecule has 2 aromatic carbocycles. The van der Waals surface area contributed by atoms with Crippen molar-refractivity contribution in [1.29, 1.82) is 0 Å². The number of hydrogen-bond donors (Lipinski definition) is 1. The molecule has 2 amide bonds. The molecule has 0 aliphatic carbocycles. The summed E-state index contributed by atoms with van der Waals surface area (Å²) >= 11 is 0. The Morgan fingerprint density at radius 2 is 1.63 bits per heavy atom. The number of amides is 2. The number of rotatable bonds is 11. The van der Waals surface area contributed by atoms with E-state index in [9.17, 15) is 22.8 Å². The van der Waals surface area contributed by atoms with Gasteiger partial charge in [0.15, 0.2) is 5.78 Å². The molecule has 8 nitrogen and oxygen atoms in total. The van der Waals surface area contributed by atoms with Gasteiger partial charge in [-0.05, 0) is 44.4 Å². The zero-order valence-electron chi connectivity index (χ0n) is 21.2. The average molecular weight is 502 g/mol. The third-order valence-corrected chi connectivity index (χ3v) is 6.69. The van der Waals surface area contributed by atoms with Crippen LogP contribution in [0.2, 0.25) is 0 Å². The quantitative estimate of drug-likeness (QED) is 0.477. The first-order valence-corrected chi connectivity index (χ1v) is 13.4. The SMILES string of the molecule is CC(=O)c1cccc(N(CC(=O)N(Cc2ccc(C)cc2)[C@H](C)C(=O)NCC(C)C)S(C)(=O)=O)c1. The highest BCUT2D eigenvalue weighted by Crippen LogP contribution is 2.21. The van der Waals surface area contributed by atoms with E-state index in [-0.39, 0.29) is 29.8 Å². The highest BCUT2D eigenvalue weighted by atomic mass is 32.2. The van der Waals surface area contributed by atoms with E-state index in [0.717, 1.165) is 21.7 Å². The molecular formula is C26H35N3O5S. The molecule has 2 rings (SSSR count). The van der Waals surface area contributed by atoms with Gasteiger partial charge in [0.2, 0.25) is 21.8 Å². The van der Waals surface area contributed by atoms with Gasteiger partial charge in [-0.1, -0.05) is 55.8 Å². The second-order valence-electron chi connectivity index (χ2n) is 9.20. The second-order valence-corrected chi connectivity index (χ2v) is 11.1. The first-order valence-electron chi connectivity index (χ1n) is 11.5. The summed E-state index contributed by atoms with van der Waals surface area (Å²) in [5, 5.41) is 2.85. The molecule has 0 aromatic heterocycles. The van der Waals surface area contributed by atoms with Crippen LogP contribution in [0.3, 0.4) is 0 Å². The number of ketones is 1. The van der Waals surface area contributed by atoms with Gasteiger partial charge in [-0.25, -0.2) is 8.42 Å². The van der Waals surface area contributed by atoms with Gasteiger partial charge in [0.1, 0.15) is 12.6 Å². The monoisotopic (exact) mass is 501 g/mol. The van der Waals surface area contributed by atoms with E-state index in [4.69, 9.17) is 0 Å². The molecule has 1 N–H and O–H groups in total. The van der Waals surface area contributed by atoms with Gasteiger partial charge in [-0.15, -0.1) is 0 Å². The summed E-state index contributed by atoms with van der Waals surface area (Å²) in [6, 6.07) is 12.9. The molecule has 0 bridgehead atoms. The minimum absolute atomic E-state index is 0.139. The minimum atomic E-state index is -3.86. The van der Waals surface area contributed by atoms with Crippen LogP contribution in [0.5, 0.6) is 0 Å². The summed E-state index contributed by atoms with van der Waals surface area (Å²) in [5.74, 6) is -0.829. The molecule has 0 fully saturated rings. The van der Waals surface area contributed by atoms with Gasteiger partial charge < -0.3 is 10.2 Å². The molecule has 9 heteroatoms. The van der Waals surface area contributed by atoms with Gasteiger partial charge in [-0.3, -0.25) is 18.7 Å². The summed E-state index contributed by atoms with van der Waals surface area (Å²) in [7, 11) is -3.86. The van der Waals surface area contributed by atoms with Crippen LogP contribution in [0.15, 0.2) is 48.5 Å². The van der Waals surface area contributed by atoms with E-state index < -0.39 is 28.5 Å². The maximum atomic E-state index is 13.5. The Balaban J connectivity index is 2.39. The lowest BCUT2D eigenvalue weighted by molar-refractivity contribution is -0.139. The van der Waals surface area contributed by atoms with Gasteiger partial charge in [0.25, 0.3) is 0 Å². The predicted molar refractivity (Wildman–Crippen MR) is 138 cm³/mol. The zero-order valence-corrected chi connectivity index (χ0v) is 22.1. The lowest BCUT2D eigenvalue weighted by Crippen LogP contribution is -2.51. The van der Waals surface area contributed by atoms with Crippen LogP contribution in [0.25, 0.3) is 0 Å². The van der Waals surface area contributed by atoms with Crippen LogP contribution in [0, 0.1) is 12.8 Å². The first-order chi connectivity index (χ1) is 16.3. The van der Waals surface area contributed by atoms with Gasteiger partial charge in [-0.2, -0.15) is 0 Å². The van der Waals surface area contributed by atoms with Crippen LogP contribution in [0.1, 0.15) is 49.2 Å². The predicted octanol–water partition coefficient (Wildman–Crippen LogP) is 3.15. The van der Waals surface area contributed by atoms with Crippen molar-refractivity contribution in [3.8, 4) is 0 Å². The number of nitrogens with one attached hydrogen (secondary N) is 1. The van der Waals surface area contributed by atoms with E-state index in [1.165, 1.54) is 24.0 Å². The van der Waals surface area contributed by atoms with Crippen molar-refractivity contribution < 1.29 is 22.8 Å². The third-order valence-electron chi connectivity index (χ3n) is 5.55. The van der Waals surface area contributed by atoms with Crippen molar-refractivity contribution in [1.82, 2.24) is 10.2 Å². The van der Waals surface area contributed by atoms with Crippen LogP contribution in [0.4, 0.5) is 5.69 Å². The van der Waals surface area contributed by atoms with Crippen molar-refractivity contribution in [3.05, 3.63) is 65.2 Å². The number of carbonyl (C=O) groups is 3. The van der Waals surface area contributed by atoms with Crippen LogP contribution in [-0.4, -0.2) is 56.3 Å². The van der Waals surface area contributed by atoms with E-state index in [1.54, 1.807) is 19.1 Å². The van der Waals surface area contributed by atoms with Crippen molar-refractivity contribution in [2.75, 3.05) is 23.7 Å². The molecule has 2 aromatic rings. The number of anilines is 1. The molecule has 1 atom stereocenters. The third kappa shape index (κ3) is 8.20. The fraction of sp³-hybridized carbons (Fsp3) is 0.423. The number of aryl methyl sites for hydroxylation is 1. The van der Waals surface area contributed by atoms with Gasteiger partial charge in [0, 0.05) is 18.7 Å². The Hall–Kier alpha value is -3.20. The number of carbonyl (C=O) groups excluding carboxylic acids is 3. The topological polar surface area (TPSA) is 104 Å². The molecule has 0 aliphatic rings. The maximum absolute atomic E-state index is 13.5. The molecule has 35 heavy (non-hydrogen) atoms. The van der Waals surface area contributed by atoms with Crippen LogP contribution in [-0.2, 0) is 26.2 Å². The number of nitrogens with zero attached hydrogens (tertiary/aromatic N) is 2.